The number of halogens is 2. The van der Waals surface area contributed by atoms with Gasteiger partial charge in [-0.05, 0) is 18.0 Å². The number of rotatable bonds is 2. The molecule has 0 aliphatic carbocycles. The second-order valence-corrected chi connectivity index (χ2v) is 2.16. The second-order valence-electron chi connectivity index (χ2n) is 1.29. The largest absolute Gasteiger partial charge is 0.326 e. The van der Waals surface area contributed by atoms with Crippen molar-refractivity contribution < 1.29 is 4.79 Å². The Bertz CT molecular complexity index is 86.1. The number of hydrogen-bond acceptors (Lipinski definition) is 1. The first-order valence-corrected chi connectivity index (χ1v) is 3.08. The highest BCUT2D eigenvalue weighted by atomic mass is 35.5. The van der Waals surface area contributed by atoms with Gasteiger partial charge in [0, 0.05) is 0 Å². The summed E-state index contributed by atoms with van der Waals surface area (Å²) < 4.78 is 0. The lowest BCUT2D eigenvalue weighted by Gasteiger charge is -2.03. The van der Waals surface area contributed by atoms with Crippen molar-refractivity contribution in [3.8, 4) is 0 Å². The Labute approximate surface area is 58.2 Å². The molecule has 1 atom stereocenters. The molecular formula is C4H7Cl2NO. The van der Waals surface area contributed by atoms with Gasteiger partial charge in [-0.25, -0.2) is 0 Å². The van der Waals surface area contributed by atoms with Crippen LogP contribution >= 0.6 is 23.2 Å². The van der Waals surface area contributed by atoms with E-state index in [1.54, 1.807) is 0 Å². The predicted octanol–water partition coefficient (Wildman–Crippen LogP) is 1.91. The molecule has 0 radical (unpaired) electrons. The average molecular weight is 156 g/mol. The Morgan fingerprint density at radius 3 is 2.50 bits per heavy atom. The van der Waals surface area contributed by atoms with Crippen LogP contribution in [0, 0.1) is 0 Å². The minimum atomic E-state index is -0.605. The lowest BCUT2D eigenvalue weighted by Crippen LogP contribution is -2.24. The zero-order valence-corrected chi connectivity index (χ0v) is 5.96. The van der Waals surface area contributed by atoms with Gasteiger partial charge in [-0.2, -0.15) is 0 Å². The summed E-state index contributed by atoms with van der Waals surface area (Å²) in [6.07, 6.45) is 0.681. The molecule has 4 heteroatoms. The summed E-state index contributed by atoms with van der Waals surface area (Å²) in [4.78, 5) is 9.98. The SMILES string of the molecule is CCC(Cl)NC(=O)Cl. The minimum absolute atomic E-state index is 0.333. The van der Waals surface area contributed by atoms with Crippen molar-refractivity contribution in [2.75, 3.05) is 0 Å². The van der Waals surface area contributed by atoms with Gasteiger partial charge < -0.3 is 5.32 Å². The monoisotopic (exact) mass is 155 g/mol. The Morgan fingerprint density at radius 2 is 2.38 bits per heavy atom. The fourth-order valence-corrected chi connectivity index (χ4v) is 0.512. The van der Waals surface area contributed by atoms with E-state index in [1.165, 1.54) is 0 Å². The van der Waals surface area contributed by atoms with Gasteiger partial charge in [0.2, 0.25) is 0 Å². The molecular weight excluding hydrogens is 149 g/mol. The molecule has 1 amide bonds. The minimum Gasteiger partial charge on any atom is -0.326 e. The molecule has 0 fully saturated rings. The molecule has 8 heavy (non-hydrogen) atoms. The molecule has 2 nitrogen and oxygen atoms in total. The molecule has 0 saturated heterocycles. The maximum absolute atomic E-state index is 9.98. The van der Waals surface area contributed by atoms with Gasteiger partial charge in [0.15, 0.2) is 0 Å². The highest BCUT2D eigenvalue weighted by Gasteiger charge is 2.01. The molecule has 0 aromatic heterocycles. The Hall–Kier alpha value is 0.0500. The Kier molecular flexibility index (Phi) is 4.01. The van der Waals surface area contributed by atoms with Gasteiger partial charge in [-0.15, -0.1) is 0 Å². The number of amides is 1. The zero-order valence-electron chi connectivity index (χ0n) is 4.45. The first kappa shape index (κ1) is 8.05. The first-order chi connectivity index (χ1) is 3.66. The van der Waals surface area contributed by atoms with Crippen LogP contribution in [0.25, 0.3) is 0 Å². The summed E-state index contributed by atoms with van der Waals surface area (Å²) >= 11 is 10.4. The summed E-state index contributed by atoms with van der Waals surface area (Å²) in [5.41, 5.74) is -0.333. The third kappa shape index (κ3) is 4.22. The molecule has 0 heterocycles. The van der Waals surface area contributed by atoms with Crippen LogP contribution in [0.5, 0.6) is 0 Å². The van der Waals surface area contributed by atoms with Crippen molar-refractivity contribution in [1.82, 2.24) is 5.32 Å². The van der Waals surface area contributed by atoms with Crippen molar-refractivity contribution in [3.05, 3.63) is 0 Å². The quantitative estimate of drug-likeness (QED) is 0.369. The third-order valence-corrected chi connectivity index (χ3v) is 1.16. The van der Waals surface area contributed by atoms with Crippen LogP contribution in [0.1, 0.15) is 13.3 Å². The normalized spacial score (nSPS) is 12.9. The average Bonchev–Trinajstić information content (AvgIpc) is 1.65. The number of hydrogen-bond donors (Lipinski definition) is 1. The predicted molar refractivity (Wildman–Crippen MR) is 34.3 cm³/mol. The van der Waals surface area contributed by atoms with Crippen molar-refractivity contribution in [1.29, 1.82) is 0 Å². The van der Waals surface area contributed by atoms with Crippen LogP contribution in [0.2, 0.25) is 0 Å². The highest BCUT2D eigenvalue weighted by molar-refractivity contribution is 6.63. The number of carbonyl (C=O) groups excluding carboxylic acids is 1. The topological polar surface area (TPSA) is 29.1 Å². The summed E-state index contributed by atoms with van der Waals surface area (Å²) in [5, 5.41) is 1.68. The first-order valence-electron chi connectivity index (χ1n) is 2.27. The lowest BCUT2D eigenvalue weighted by molar-refractivity contribution is 0.259. The highest BCUT2D eigenvalue weighted by Crippen LogP contribution is 1.96. The van der Waals surface area contributed by atoms with Gasteiger partial charge in [-0.1, -0.05) is 18.5 Å². The van der Waals surface area contributed by atoms with E-state index in [0.29, 0.717) is 6.42 Å². The van der Waals surface area contributed by atoms with Gasteiger partial charge >= 0.3 is 5.37 Å². The van der Waals surface area contributed by atoms with Crippen molar-refractivity contribution in [2.45, 2.75) is 18.8 Å². The number of carbonyl (C=O) groups is 1. The van der Waals surface area contributed by atoms with E-state index in [4.69, 9.17) is 23.2 Å². The maximum atomic E-state index is 9.98. The van der Waals surface area contributed by atoms with Crippen LogP contribution in [-0.4, -0.2) is 10.9 Å². The summed E-state index contributed by atoms with van der Waals surface area (Å²) in [7, 11) is 0. The van der Waals surface area contributed by atoms with E-state index in [1.807, 2.05) is 6.92 Å². The smallest absolute Gasteiger partial charge is 0.314 e. The van der Waals surface area contributed by atoms with E-state index < -0.39 is 5.37 Å². The standard InChI is InChI=1S/C4H7Cl2NO/c1-2-3(5)7-4(6)8/h3H,2H2,1H3,(H,7,8). The van der Waals surface area contributed by atoms with E-state index in [9.17, 15) is 4.79 Å². The molecule has 0 aliphatic rings. The van der Waals surface area contributed by atoms with Gasteiger partial charge in [0.25, 0.3) is 0 Å². The number of nitrogens with one attached hydrogen (secondary N) is 1. The number of alkyl halides is 1. The fourth-order valence-electron chi connectivity index (χ4n) is 0.225. The van der Waals surface area contributed by atoms with Crippen LogP contribution in [0.15, 0.2) is 0 Å². The van der Waals surface area contributed by atoms with Crippen LogP contribution in [0.4, 0.5) is 4.79 Å². The zero-order chi connectivity index (χ0) is 6.57. The summed E-state index contributed by atoms with van der Waals surface area (Å²) in [6.45, 7) is 1.85. The van der Waals surface area contributed by atoms with Gasteiger partial charge in [0.1, 0.15) is 5.50 Å². The molecule has 48 valence electrons. The summed E-state index contributed by atoms with van der Waals surface area (Å²) in [5.74, 6) is 0. The van der Waals surface area contributed by atoms with Gasteiger partial charge in [0.05, 0.1) is 0 Å². The van der Waals surface area contributed by atoms with E-state index in [0.717, 1.165) is 0 Å². The second kappa shape index (κ2) is 3.98. The van der Waals surface area contributed by atoms with E-state index in [-0.39, 0.29) is 5.50 Å². The molecule has 0 rings (SSSR count). The maximum Gasteiger partial charge on any atom is 0.314 e. The van der Waals surface area contributed by atoms with Crippen molar-refractivity contribution in [3.63, 3.8) is 0 Å². The Morgan fingerprint density at radius 1 is 1.88 bits per heavy atom. The Balaban J connectivity index is 3.24. The van der Waals surface area contributed by atoms with Crippen LogP contribution in [-0.2, 0) is 0 Å². The van der Waals surface area contributed by atoms with Crippen molar-refractivity contribution >= 4 is 28.6 Å². The van der Waals surface area contributed by atoms with E-state index >= 15 is 0 Å². The molecule has 0 saturated carbocycles. The van der Waals surface area contributed by atoms with Crippen molar-refractivity contribution in [2.24, 2.45) is 0 Å². The lowest BCUT2D eigenvalue weighted by atomic mass is 10.5. The molecule has 0 aliphatic heterocycles. The van der Waals surface area contributed by atoms with Crippen LogP contribution < -0.4 is 5.32 Å². The van der Waals surface area contributed by atoms with Crippen LogP contribution in [0.3, 0.4) is 0 Å². The van der Waals surface area contributed by atoms with Gasteiger partial charge in [-0.3, -0.25) is 4.79 Å². The third-order valence-electron chi connectivity index (χ3n) is 0.629. The fraction of sp³-hybridized carbons (Fsp3) is 0.750. The molecule has 1 unspecified atom stereocenters. The molecule has 0 aromatic rings. The molecule has 0 spiro atoms. The molecule has 0 bridgehead atoms. The van der Waals surface area contributed by atoms with E-state index in [2.05, 4.69) is 5.32 Å². The molecule has 1 N–H and O–H groups in total. The molecule has 0 aromatic carbocycles. The summed E-state index contributed by atoms with van der Waals surface area (Å²) in [6, 6.07) is 0.